The van der Waals surface area contributed by atoms with Gasteiger partial charge >= 0.3 is 0 Å². The van der Waals surface area contributed by atoms with Crippen LogP contribution in [0.15, 0.2) is 30.6 Å². The molecule has 0 spiro atoms. The smallest absolute Gasteiger partial charge is 0.0439 e. The number of hydrogen-bond donors (Lipinski definition) is 2. The van der Waals surface area contributed by atoms with Gasteiger partial charge in [-0.3, -0.25) is 9.19 Å². The molecule has 2 aromatic rings. The summed E-state index contributed by atoms with van der Waals surface area (Å²) in [6, 6.07) is 6.26. The molecular weight excluding hydrogens is 258 g/mol. The summed E-state index contributed by atoms with van der Waals surface area (Å²) in [5.41, 5.74) is 7.82. The molecule has 4 nitrogen and oxygen atoms in total. The molecular formula is C14H17N3OS. The summed E-state index contributed by atoms with van der Waals surface area (Å²) in [5.74, 6) is 1.59. The Kier molecular flexibility index (Phi) is 3.38. The van der Waals surface area contributed by atoms with Crippen LogP contribution in [0.3, 0.4) is 0 Å². The lowest BCUT2D eigenvalue weighted by Gasteiger charge is -2.24. The van der Waals surface area contributed by atoms with Gasteiger partial charge in [-0.1, -0.05) is 0 Å². The molecule has 3 rings (SSSR count). The molecule has 0 bridgehead atoms. The van der Waals surface area contributed by atoms with Crippen LogP contribution >= 0.6 is 0 Å². The van der Waals surface area contributed by atoms with Crippen LogP contribution in [0.4, 0.5) is 11.4 Å². The highest BCUT2D eigenvalue weighted by Gasteiger charge is 2.18. The van der Waals surface area contributed by atoms with Crippen molar-refractivity contribution in [3.8, 4) is 0 Å². The maximum Gasteiger partial charge on any atom is 0.0439 e. The first-order chi connectivity index (χ1) is 9.24. The Morgan fingerprint density at radius 1 is 1.21 bits per heavy atom. The Bertz CT molecular complexity index is 619. The third-order valence-electron chi connectivity index (χ3n) is 3.60. The number of fused-ring (bicyclic) bond motifs is 1. The molecule has 1 aromatic carbocycles. The summed E-state index contributed by atoms with van der Waals surface area (Å²) in [7, 11) is -0.622. The van der Waals surface area contributed by atoms with E-state index in [1.165, 1.54) is 0 Å². The van der Waals surface area contributed by atoms with E-state index in [-0.39, 0.29) is 0 Å². The number of nitrogens with two attached hydrogens (primary N) is 1. The first-order valence-corrected chi connectivity index (χ1v) is 7.96. The number of benzene rings is 1. The van der Waals surface area contributed by atoms with Crippen molar-refractivity contribution in [2.24, 2.45) is 0 Å². The zero-order chi connectivity index (χ0) is 13.2. The predicted octanol–water partition coefficient (Wildman–Crippen LogP) is 2.14. The highest BCUT2D eigenvalue weighted by Crippen LogP contribution is 2.29. The van der Waals surface area contributed by atoms with Crippen LogP contribution in [-0.4, -0.2) is 26.7 Å². The van der Waals surface area contributed by atoms with Crippen molar-refractivity contribution in [2.45, 2.75) is 18.9 Å². The molecule has 0 amide bonds. The van der Waals surface area contributed by atoms with E-state index >= 15 is 0 Å². The molecule has 5 heteroatoms. The summed E-state index contributed by atoms with van der Waals surface area (Å²) in [4.78, 5) is 4.18. The summed E-state index contributed by atoms with van der Waals surface area (Å²) in [6.07, 6.45) is 5.51. The SMILES string of the molecule is Nc1ccc(NC2CCS(=O)CC2)c2cnccc12. The Hall–Kier alpha value is -1.62. The number of anilines is 2. The zero-order valence-electron chi connectivity index (χ0n) is 10.6. The monoisotopic (exact) mass is 275 g/mol. The van der Waals surface area contributed by atoms with Crippen molar-refractivity contribution in [3.63, 3.8) is 0 Å². The number of nitrogens with zero attached hydrogens (tertiary/aromatic N) is 1. The number of rotatable bonds is 2. The van der Waals surface area contributed by atoms with Gasteiger partial charge in [0.1, 0.15) is 0 Å². The van der Waals surface area contributed by atoms with Gasteiger partial charge in [0.15, 0.2) is 0 Å². The molecule has 1 aromatic heterocycles. The van der Waals surface area contributed by atoms with E-state index in [1.54, 1.807) is 6.20 Å². The molecule has 1 aliphatic rings. The van der Waals surface area contributed by atoms with Crippen LogP contribution in [0.2, 0.25) is 0 Å². The van der Waals surface area contributed by atoms with Gasteiger partial charge in [-0.05, 0) is 31.0 Å². The van der Waals surface area contributed by atoms with Gasteiger partial charge < -0.3 is 11.1 Å². The molecule has 3 N–H and O–H groups in total. The van der Waals surface area contributed by atoms with Gasteiger partial charge in [0.25, 0.3) is 0 Å². The number of nitrogens with one attached hydrogen (secondary N) is 1. The van der Waals surface area contributed by atoms with Crippen molar-refractivity contribution in [1.29, 1.82) is 0 Å². The maximum atomic E-state index is 11.4. The molecule has 0 atom stereocenters. The van der Waals surface area contributed by atoms with Crippen molar-refractivity contribution >= 4 is 32.9 Å². The van der Waals surface area contributed by atoms with Crippen LogP contribution in [0, 0.1) is 0 Å². The van der Waals surface area contributed by atoms with Crippen LogP contribution in [0.5, 0.6) is 0 Å². The molecule has 1 aliphatic heterocycles. The first-order valence-electron chi connectivity index (χ1n) is 6.48. The van der Waals surface area contributed by atoms with Crippen LogP contribution in [-0.2, 0) is 10.8 Å². The number of nitrogen functional groups attached to an aromatic ring is 1. The minimum Gasteiger partial charge on any atom is -0.398 e. The maximum absolute atomic E-state index is 11.4. The minimum absolute atomic E-state index is 0.393. The van der Waals surface area contributed by atoms with E-state index < -0.39 is 10.8 Å². The number of pyridine rings is 1. The Morgan fingerprint density at radius 3 is 2.79 bits per heavy atom. The van der Waals surface area contributed by atoms with Crippen molar-refractivity contribution in [2.75, 3.05) is 22.6 Å². The van der Waals surface area contributed by atoms with Crippen LogP contribution in [0.25, 0.3) is 10.8 Å². The van der Waals surface area contributed by atoms with Crippen molar-refractivity contribution < 1.29 is 4.21 Å². The van der Waals surface area contributed by atoms with Crippen molar-refractivity contribution in [1.82, 2.24) is 4.98 Å². The number of hydrogen-bond acceptors (Lipinski definition) is 4. The second kappa shape index (κ2) is 5.17. The van der Waals surface area contributed by atoms with E-state index in [0.29, 0.717) is 6.04 Å². The van der Waals surface area contributed by atoms with Gasteiger partial charge in [0, 0.05) is 62.9 Å². The van der Waals surface area contributed by atoms with Gasteiger partial charge in [0.2, 0.25) is 0 Å². The normalized spacial score (nSPS) is 23.4. The average Bonchev–Trinajstić information content (AvgIpc) is 2.45. The lowest BCUT2D eigenvalue weighted by Crippen LogP contribution is -2.29. The Morgan fingerprint density at radius 2 is 2.00 bits per heavy atom. The predicted molar refractivity (Wildman–Crippen MR) is 80.7 cm³/mol. The number of aromatic nitrogens is 1. The van der Waals surface area contributed by atoms with E-state index in [1.807, 2.05) is 24.4 Å². The average molecular weight is 275 g/mol. The van der Waals surface area contributed by atoms with Gasteiger partial charge in [0.05, 0.1) is 0 Å². The van der Waals surface area contributed by atoms with Gasteiger partial charge in [-0.2, -0.15) is 0 Å². The third kappa shape index (κ3) is 2.56. The Balaban J connectivity index is 1.89. The second-order valence-electron chi connectivity index (χ2n) is 4.89. The van der Waals surface area contributed by atoms with E-state index in [4.69, 9.17) is 5.73 Å². The summed E-state index contributed by atoms with van der Waals surface area (Å²) >= 11 is 0. The molecule has 0 unspecified atom stereocenters. The fraction of sp³-hybridized carbons (Fsp3) is 0.357. The summed E-state index contributed by atoms with van der Waals surface area (Å²) in [5, 5.41) is 5.62. The zero-order valence-corrected chi connectivity index (χ0v) is 11.5. The first kappa shape index (κ1) is 12.4. The van der Waals surface area contributed by atoms with E-state index in [0.717, 1.165) is 46.5 Å². The largest absolute Gasteiger partial charge is 0.398 e. The fourth-order valence-electron chi connectivity index (χ4n) is 2.50. The highest BCUT2D eigenvalue weighted by molar-refractivity contribution is 7.85. The molecule has 0 radical (unpaired) electrons. The highest BCUT2D eigenvalue weighted by atomic mass is 32.2. The fourth-order valence-corrected chi connectivity index (χ4v) is 3.80. The third-order valence-corrected chi connectivity index (χ3v) is 4.98. The molecule has 0 saturated carbocycles. The van der Waals surface area contributed by atoms with E-state index in [9.17, 15) is 4.21 Å². The van der Waals surface area contributed by atoms with Crippen molar-refractivity contribution in [3.05, 3.63) is 30.6 Å². The lowest BCUT2D eigenvalue weighted by atomic mass is 10.1. The molecule has 0 aliphatic carbocycles. The van der Waals surface area contributed by atoms with Crippen LogP contribution < -0.4 is 11.1 Å². The van der Waals surface area contributed by atoms with Gasteiger partial charge in [-0.15, -0.1) is 0 Å². The Labute approximate surface area is 114 Å². The van der Waals surface area contributed by atoms with E-state index in [2.05, 4.69) is 10.3 Å². The topological polar surface area (TPSA) is 68.0 Å². The molecule has 19 heavy (non-hydrogen) atoms. The molecule has 1 saturated heterocycles. The van der Waals surface area contributed by atoms with Crippen LogP contribution in [0.1, 0.15) is 12.8 Å². The lowest BCUT2D eigenvalue weighted by molar-refractivity contribution is 0.624. The molecule has 2 heterocycles. The molecule has 1 fully saturated rings. The standard InChI is InChI=1S/C14H17N3OS/c15-13-1-2-14(12-9-16-6-3-11(12)13)17-10-4-7-19(18)8-5-10/h1-3,6,9-10,17H,4-5,7-8,15H2. The van der Waals surface area contributed by atoms with Gasteiger partial charge in [-0.25, -0.2) is 0 Å². The minimum atomic E-state index is -0.622. The summed E-state index contributed by atoms with van der Waals surface area (Å²) < 4.78 is 11.4. The molecule has 100 valence electrons. The second-order valence-corrected chi connectivity index (χ2v) is 6.59. The summed E-state index contributed by atoms with van der Waals surface area (Å²) in [6.45, 7) is 0. The quantitative estimate of drug-likeness (QED) is 0.824.